The third-order valence-corrected chi connectivity index (χ3v) is 4.53. The van der Waals surface area contributed by atoms with Crippen LogP contribution in [0.25, 0.3) is 0 Å². The Labute approximate surface area is 148 Å². The molecule has 0 spiro atoms. The summed E-state index contributed by atoms with van der Waals surface area (Å²) in [5.41, 5.74) is 0. The second-order valence-corrected chi connectivity index (χ2v) is 6.55. The van der Waals surface area contributed by atoms with Gasteiger partial charge in [-0.2, -0.15) is 0 Å². The number of nitrogens with zero attached hydrogens (tertiary/aromatic N) is 2. The van der Waals surface area contributed by atoms with Crippen molar-refractivity contribution in [2.24, 2.45) is 0 Å². The molecule has 2 aliphatic heterocycles. The molecular formula is C18H28N2O5. The van der Waals surface area contributed by atoms with Gasteiger partial charge in [0.05, 0.1) is 25.9 Å². The quantitative estimate of drug-likeness (QED) is 0.672. The van der Waals surface area contributed by atoms with Crippen LogP contribution in [-0.4, -0.2) is 97.9 Å². The minimum absolute atomic E-state index is 0.149. The molecule has 25 heavy (non-hydrogen) atoms. The minimum atomic E-state index is -0.513. The molecule has 0 amide bonds. The first-order valence-corrected chi connectivity index (χ1v) is 8.94. The molecule has 0 aliphatic carbocycles. The van der Waals surface area contributed by atoms with E-state index in [0.717, 1.165) is 44.2 Å². The van der Waals surface area contributed by atoms with Crippen molar-refractivity contribution in [1.29, 1.82) is 0 Å². The van der Waals surface area contributed by atoms with Crippen molar-refractivity contribution in [2.45, 2.75) is 12.2 Å². The average molecular weight is 352 g/mol. The van der Waals surface area contributed by atoms with Crippen molar-refractivity contribution in [3.63, 3.8) is 0 Å². The maximum Gasteiger partial charge on any atom is 0.161 e. The number of aliphatic hydroxyl groups is 2. The Morgan fingerprint density at radius 1 is 1.12 bits per heavy atom. The van der Waals surface area contributed by atoms with E-state index >= 15 is 0 Å². The van der Waals surface area contributed by atoms with Crippen molar-refractivity contribution in [2.75, 3.05) is 65.7 Å². The number of para-hydroxylation sites is 2. The van der Waals surface area contributed by atoms with Crippen LogP contribution in [0.2, 0.25) is 0 Å². The molecule has 1 aromatic rings. The van der Waals surface area contributed by atoms with Gasteiger partial charge in [0.1, 0.15) is 6.61 Å². The van der Waals surface area contributed by atoms with Crippen LogP contribution in [0, 0.1) is 0 Å². The molecule has 0 unspecified atom stereocenters. The van der Waals surface area contributed by atoms with Gasteiger partial charge >= 0.3 is 0 Å². The number of ether oxygens (including phenoxy) is 3. The van der Waals surface area contributed by atoms with Crippen LogP contribution in [0.3, 0.4) is 0 Å². The molecular weight excluding hydrogens is 324 g/mol. The van der Waals surface area contributed by atoms with Gasteiger partial charge in [-0.3, -0.25) is 9.80 Å². The van der Waals surface area contributed by atoms with Crippen LogP contribution in [0.1, 0.15) is 0 Å². The highest BCUT2D eigenvalue weighted by Gasteiger charge is 2.22. The Kier molecular flexibility index (Phi) is 6.89. The summed E-state index contributed by atoms with van der Waals surface area (Å²) < 4.78 is 17.1. The Balaban J connectivity index is 1.30. The summed E-state index contributed by atoms with van der Waals surface area (Å²) in [5.74, 6) is 1.50. The Hall–Kier alpha value is -1.38. The van der Waals surface area contributed by atoms with Crippen LogP contribution in [-0.2, 0) is 4.74 Å². The zero-order valence-corrected chi connectivity index (χ0v) is 14.5. The molecule has 0 radical (unpaired) electrons. The Bertz CT molecular complexity index is 522. The number of β-amino-alcohol motifs (C(OH)–C–C–N with tert-alkyl or cyclic N) is 2. The van der Waals surface area contributed by atoms with E-state index in [9.17, 15) is 5.11 Å². The summed E-state index contributed by atoms with van der Waals surface area (Å²) in [4.78, 5) is 4.47. The van der Waals surface area contributed by atoms with Crippen molar-refractivity contribution in [3.8, 4) is 11.5 Å². The lowest BCUT2D eigenvalue weighted by molar-refractivity contribution is -0.0322. The first kappa shape index (κ1) is 18.4. The van der Waals surface area contributed by atoms with Gasteiger partial charge in [0, 0.05) is 39.3 Å². The van der Waals surface area contributed by atoms with Gasteiger partial charge < -0.3 is 24.4 Å². The molecule has 140 valence electrons. The number of rotatable bonds is 8. The standard InChI is InChI=1S/C18H28N2O5/c21-10-9-19-5-7-20(8-6-19)11-15(22)12-23-13-16-14-24-17-3-1-2-4-18(17)25-16/h1-4,15-16,21-22H,5-14H2/t15-,16+/m1/s1. The summed E-state index contributed by atoms with van der Waals surface area (Å²) in [6, 6.07) is 7.59. The maximum atomic E-state index is 10.2. The highest BCUT2D eigenvalue weighted by Crippen LogP contribution is 2.30. The van der Waals surface area contributed by atoms with Crippen LogP contribution >= 0.6 is 0 Å². The lowest BCUT2D eigenvalue weighted by Crippen LogP contribution is -2.49. The van der Waals surface area contributed by atoms with Crippen LogP contribution in [0.5, 0.6) is 11.5 Å². The van der Waals surface area contributed by atoms with Gasteiger partial charge in [-0.25, -0.2) is 0 Å². The third-order valence-electron chi connectivity index (χ3n) is 4.53. The fourth-order valence-corrected chi connectivity index (χ4v) is 3.17. The largest absolute Gasteiger partial charge is 0.486 e. The first-order valence-electron chi connectivity index (χ1n) is 8.94. The second kappa shape index (κ2) is 9.35. The molecule has 3 rings (SSSR count). The molecule has 2 atom stereocenters. The molecule has 2 aliphatic rings. The van der Waals surface area contributed by atoms with E-state index in [4.69, 9.17) is 19.3 Å². The summed E-state index contributed by atoms with van der Waals surface area (Å²) in [6.45, 7) is 6.37. The monoisotopic (exact) mass is 352 g/mol. The van der Waals surface area contributed by atoms with Gasteiger partial charge in [0.2, 0.25) is 0 Å². The third kappa shape index (κ3) is 5.55. The predicted octanol–water partition coefficient (Wildman–Crippen LogP) is -0.186. The first-order chi connectivity index (χ1) is 12.2. The van der Waals surface area contributed by atoms with Crippen molar-refractivity contribution < 1.29 is 24.4 Å². The lowest BCUT2D eigenvalue weighted by Gasteiger charge is -2.35. The summed E-state index contributed by atoms with van der Waals surface area (Å²) >= 11 is 0. The molecule has 0 aromatic heterocycles. The molecule has 7 heteroatoms. The normalized spacial score (nSPS) is 22.7. The zero-order valence-electron chi connectivity index (χ0n) is 14.5. The SMILES string of the molecule is OCCN1CCN(C[C@@H](O)COC[C@H]2COc3ccccc3O2)CC1. The molecule has 0 bridgehead atoms. The molecule has 2 heterocycles. The molecule has 2 N–H and O–H groups in total. The van der Waals surface area contributed by atoms with E-state index in [-0.39, 0.29) is 12.7 Å². The molecule has 1 aromatic carbocycles. The van der Waals surface area contributed by atoms with E-state index in [1.54, 1.807) is 0 Å². The maximum absolute atomic E-state index is 10.2. The summed E-state index contributed by atoms with van der Waals surface area (Å²) in [7, 11) is 0. The lowest BCUT2D eigenvalue weighted by atomic mass is 10.2. The number of piperazine rings is 1. The molecule has 0 saturated carbocycles. The molecule has 1 saturated heterocycles. The van der Waals surface area contributed by atoms with Gasteiger partial charge in [-0.15, -0.1) is 0 Å². The Morgan fingerprint density at radius 2 is 1.84 bits per heavy atom. The number of benzene rings is 1. The molecule has 1 fully saturated rings. The number of hydrogen-bond acceptors (Lipinski definition) is 7. The summed E-state index contributed by atoms with van der Waals surface area (Å²) in [6.07, 6.45) is -0.662. The Morgan fingerprint density at radius 3 is 2.60 bits per heavy atom. The number of aliphatic hydroxyl groups excluding tert-OH is 2. The van der Waals surface area contributed by atoms with Gasteiger partial charge in [-0.05, 0) is 12.1 Å². The van der Waals surface area contributed by atoms with E-state index in [1.165, 1.54) is 0 Å². The fraction of sp³-hybridized carbons (Fsp3) is 0.667. The number of hydrogen-bond donors (Lipinski definition) is 2. The van der Waals surface area contributed by atoms with E-state index in [0.29, 0.717) is 26.4 Å². The topological polar surface area (TPSA) is 74.6 Å². The van der Waals surface area contributed by atoms with Crippen LogP contribution in [0.15, 0.2) is 24.3 Å². The van der Waals surface area contributed by atoms with Crippen LogP contribution in [0.4, 0.5) is 0 Å². The van der Waals surface area contributed by atoms with Crippen molar-refractivity contribution in [1.82, 2.24) is 9.80 Å². The van der Waals surface area contributed by atoms with Crippen molar-refractivity contribution in [3.05, 3.63) is 24.3 Å². The van der Waals surface area contributed by atoms with Gasteiger partial charge in [0.15, 0.2) is 17.6 Å². The highest BCUT2D eigenvalue weighted by atomic mass is 16.6. The highest BCUT2D eigenvalue weighted by molar-refractivity contribution is 5.40. The molecule has 7 nitrogen and oxygen atoms in total. The van der Waals surface area contributed by atoms with E-state index in [1.807, 2.05) is 24.3 Å². The van der Waals surface area contributed by atoms with Gasteiger partial charge in [0.25, 0.3) is 0 Å². The fourth-order valence-electron chi connectivity index (χ4n) is 3.17. The average Bonchev–Trinajstić information content (AvgIpc) is 2.63. The summed E-state index contributed by atoms with van der Waals surface area (Å²) in [5, 5.41) is 19.1. The number of fused-ring (bicyclic) bond motifs is 1. The van der Waals surface area contributed by atoms with Crippen LogP contribution < -0.4 is 9.47 Å². The zero-order chi connectivity index (χ0) is 17.5. The predicted molar refractivity (Wildman–Crippen MR) is 93.1 cm³/mol. The second-order valence-electron chi connectivity index (χ2n) is 6.55. The van der Waals surface area contributed by atoms with E-state index < -0.39 is 6.10 Å². The minimum Gasteiger partial charge on any atom is -0.486 e. The smallest absolute Gasteiger partial charge is 0.161 e. The van der Waals surface area contributed by atoms with Crippen molar-refractivity contribution >= 4 is 0 Å². The van der Waals surface area contributed by atoms with Gasteiger partial charge in [-0.1, -0.05) is 12.1 Å². The van der Waals surface area contributed by atoms with E-state index in [2.05, 4.69) is 9.80 Å².